The minimum absolute atomic E-state index is 0.0232. The van der Waals surface area contributed by atoms with Crippen LogP contribution in [0.2, 0.25) is 0 Å². The van der Waals surface area contributed by atoms with Crippen LogP contribution in [0.4, 0.5) is 20.2 Å². The van der Waals surface area contributed by atoms with E-state index in [4.69, 9.17) is 9.47 Å². The van der Waals surface area contributed by atoms with Gasteiger partial charge in [-0.15, -0.1) is 0 Å². The number of aromatic nitrogens is 2. The number of anilines is 1. The molecule has 4 amide bonds. The fraction of sp³-hybridized carbons (Fsp3) is 0.440. The van der Waals surface area contributed by atoms with Crippen LogP contribution in [0.3, 0.4) is 0 Å². The average molecular weight is 531 g/mol. The molecule has 13 heteroatoms. The van der Waals surface area contributed by atoms with E-state index in [1.165, 1.54) is 12.3 Å². The van der Waals surface area contributed by atoms with Crippen LogP contribution in [-0.4, -0.2) is 67.6 Å². The Kier molecular flexibility index (Phi) is 8.51. The fourth-order valence-corrected chi connectivity index (χ4v) is 4.25. The Labute approximate surface area is 219 Å². The highest BCUT2D eigenvalue weighted by atomic mass is 16.6. The Morgan fingerprint density at radius 3 is 2.42 bits per heavy atom. The molecule has 38 heavy (non-hydrogen) atoms. The molecule has 1 aliphatic rings. The van der Waals surface area contributed by atoms with Crippen molar-refractivity contribution in [3.8, 4) is 0 Å². The Morgan fingerprint density at radius 1 is 1.13 bits per heavy atom. The van der Waals surface area contributed by atoms with Crippen molar-refractivity contribution in [3.05, 3.63) is 58.6 Å². The summed E-state index contributed by atoms with van der Waals surface area (Å²) >= 11 is 0. The molecule has 1 saturated heterocycles. The predicted octanol–water partition coefficient (Wildman–Crippen LogP) is 2.70. The minimum Gasteiger partial charge on any atom is -0.444 e. The van der Waals surface area contributed by atoms with Gasteiger partial charge in [-0.2, -0.15) is 14.3 Å². The number of carbonyl (C=O) groups excluding carboxylic acids is 3. The van der Waals surface area contributed by atoms with Crippen molar-refractivity contribution in [2.24, 2.45) is 0 Å². The van der Waals surface area contributed by atoms with Crippen LogP contribution in [-0.2, 0) is 27.4 Å². The molecule has 0 aliphatic carbocycles. The van der Waals surface area contributed by atoms with Crippen LogP contribution >= 0.6 is 0 Å². The van der Waals surface area contributed by atoms with E-state index < -0.39 is 58.6 Å². The number of carbonyl (C=O) groups is 4. The maximum Gasteiger partial charge on any atom is 0.521 e. The molecule has 3 atom stereocenters. The number of alkyl carbamates (subject to hydrolysis) is 1. The second-order valence-electron chi connectivity index (χ2n) is 10.1. The first-order valence-corrected chi connectivity index (χ1v) is 12.0. The topological polar surface area (TPSA) is 166 Å². The number of hydrogen-bond donors (Lipinski definition) is 3. The number of likely N-dealkylation sites (tertiary alicyclic amines) is 1. The van der Waals surface area contributed by atoms with Gasteiger partial charge in [0.2, 0.25) is 0 Å². The molecular weight excluding hydrogens is 498 g/mol. The van der Waals surface area contributed by atoms with Crippen LogP contribution < -0.4 is 16.3 Å². The van der Waals surface area contributed by atoms with Crippen molar-refractivity contribution in [2.75, 3.05) is 11.9 Å². The van der Waals surface area contributed by atoms with Gasteiger partial charge in [0.25, 0.3) is 0 Å². The van der Waals surface area contributed by atoms with E-state index in [1.807, 2.05) is 6.07 Å². The third-order valence-electron chi connectivity index (χ3n) is 6.02. The standard InChI is InChI=1S/C25H31N5O8/c1-16-12-18(26-23(34)38-25(2,3)4)14-30(16,24(35)36)20(31)13-29-11-10-19(27-21(29)32)28-22(33)37-15-17-8-6-5-7-9-17/h5-11,16,18H,12-15H2,1-4H3,(H2-,26,27,28,32,33,34,35,36)/p+1/t16-,18+,30-/m1/s1. The maximum absolute atomic E-state index is 13.3. The zero-order valence-electron chi connectivity index (χ0n) is 21.7. The molecule has 0 radical (unpaired) electrons. The first kappa shape index (κ1) is 28.3. The Hall–Kier alpha value is -4.26. The Bertz CT molecular complexity index is 1260. The van der Waals surface area contributed by atoms with Gasteiger partial charge >= 0.3 is 29.9 Å². The second kappa shape index (κ2) is 11.4. The van der Waals surface area contributed by atoms with Gasteiger partial charge in [-0.1, -0.05) is 30.3 Å². The van der Waals surface area contributed by atoms with Gasteiger partial charge in [-0.3, -0.25) is 9.88 Å². The monoisotopic (exact) mass is 530 g/mol. The van der Waals surface area contributed by atoms with E-state index in [2.05, 4.69) is 15.6 Å². The van der Waals surface area contributed by atoms with E-state index in [0.29, 0.717) is 0 Å². The molecule has 0 spiro atoms. The van der Waals surface area contributed by atoms with Crippen molar-refractivity contribution in [1.29, 1.82) is 0 Å². The number of rotatable bonds is 6. The molecule has 0 bridgehead atoms. The number of benzene rings is 1. The lowest BCUT2D eigenvalue weighted by Crippen LogP contribution is -2.61. The van der Waals surface area contributed by atoms with Crippen molar-refractivity contribution in [1.82, 2.24) is 14.9 Å². The number of hydrogen-bond acceptors (Lipinski definition) is 8. The fourth-order valence-electron chi connectivity index (χ4n) is 4.25. The van der Waals surface area contributed by atoms with E-state index in [0.717, 1.165) is 10.1 Å². The minimum atomic E-state index is -1.39. The molecule has 1 aliphatic heterocycles. The molecule has 13 nitrogen and oxygen atoms in total. The highest BCUT2D eigenvalue weighted by Gasteiger charge is 2.56. The Balaban J connectivity index is 1.65. The molecule has 204 valence electrons. The second-order valence-corrected chi connectivity index (χ2v) is 10.1. The molecular formula is C25H32N5O8+. The molecule has 1 fully saturated rings. The smallest absolute Gasteiger partial charge is 0.444 e. The highest BCUT2D eigenvalue weighted by molar-refractivity contribution is 5.83. The zero-order chi connectivity index (χ0) is 28.1. The van der Waals surface area contributed by atoms with Gasteiger partial charge in [0.1, 0.15) is 37.2 Å². The van der Waals surface area contributed by atoms with E-state index >= 15 is 0 Å². The summed E-state index contributed by atoms with van der Waals surface area (Å²) in [7, 11) is 0. The number of carboxylic acid groups (broad SMARTS) is 1. The molecule has 1 aromatic carbocycles. The van der Waals surface area contributed by atoms with Crippen molar-refractivity contribution in [2.45, 2.75) is 65.0 Å². The summed E-state index contributed by atoms with van der Waals surface area (Å²) in [5.41, 5.74) is -0.825. The van der Waals surface area contributed by atoms with Crippen molar-refractivity contribution < 1.29 is 38.2 Å². The number of ether oxygens (including phenoxy) is 2. The lowest BCUT2D eigenvalue weighted by molar-refractivity contribution is -0.793. The van der Waals surface area contributed by atoms with Crippen molar-refractivity contribution >= 4 is 30.0 Å². The Morgan fingerprint density at radius 2 is 1.82 bits per heavy atom. The number of amides is 4. The third kappa shape index (κ3) is 6.94. The van der Waals surface area contributed by atoms with Crippen LogP contribution in [0.5, 0.6) is 0 Å². The average Bonchev–Trinajstić information content (AvgIpc) is 3.15. The quantitative estimate of drug-likeness (QED) is 0.476. The van der Waals surface area contributed by atoms with Gasteiger partial charge in [0, 0.05) is 12.6 Å². The summed E-state index contributed by atoms with van der Waals surface area (Å²) in [6, 6.07) is 9.00. The normalized spacial score (nSPS) is 20.8. The molecule has 3 N–H and O–H groups in total. The van der Waals surface area contributed by atoms with Crippen LogP contribution in [0.1, 0.15) is 39.7 Å². The predicted molar refractivity (Wildman–Crippen MR) is 134 cm³/mol. The molecule has 2 aromatic rings. The molecule has 1 aromatic heterocycles. The SMILES string of the molecule is C[C@@H]1C[C@H](NC(=O)OC(C)(C)C)C[N@+]1(C(=O)O)C(=O)Cn1ccc(NC(=O)OCc2ccccc2)nc1=O. The number of nitrogens with one attached hydrogen (secondary N) is 2. The summed E-state index contributed by atoms with van der Waals surface area (Å²) in [5, 5.41) is 15.0. The number of imide groups is 1. The molecule has 2 heterocycles. The third-order valence-corrected chi connectivity index (χ3v) is 6.02. The number of nitrogens with zero attached hydrogens (tertiary/aromatic N) is 3. The van der Waals surface area contributed by atoms with E-state index in [-0.39, 0.29) is 25.4 Å². The molecule has 0 unspecified atom stereocenters. The summed E-state index contributed by atoms with van der Waals surface area (Å²) < 4.78 is 10.3. The summed E-state index contributed by atoms with van der Waals surface area (Å²) in [4.78, 5) is 66.0. The van der Waals surface area contributed by atoms with E-state index in [1.54, 1.807) is 52.0 Å². The summed E-state index contributed by atoms with van der Waals surface area (Å²) in [5.74, 6) is -0.847. The molecule has 0 saturated carbocycles. The maximum atomic E-state index is 13.3. The lowest BCUT2D eigenvalue weighted by Gasteiger charge is -2.29. The van der Waals surface area contributed by atoms with Gasteiger partial charge in [0.05, 0.1) is 6.04 Å². The van der Waals surface area contributed by atoms with Crippen LogP contribution in [0.15, 0.2) is 47.4 Å². The van der Waals surface area contributed by atoms with Gasteiger partial charge < -0.3 is 19.9 Å². The van der Waals surface area contributed by atoms with Crippen LogP contribution in [0.25, 0.3) is 0 Å². The van der Waals surface area contributed by atoms with Gasteiger partial charge in [-0.05, 0) is 39.3 Å². The van der Waals surface area contributed by atoms with Crippen molar-refractivity contribution in [3.63, 3.8) is 0 Å². The summed E-state index contributed by atoms with van der Waals surface area (Å²) in [6.07, 6.45) is -1.47. The largest absolute Gasteiger partial charge is 0.521 e. The molecule has 3 rings (SSSR count). The van der Waals surface area contributed by atoms with Gasteiger partial charge in [0.15, 0.2) is 0 Å². The van der Waals surface area contributed by atoms with Gasteiger partial charge in [-0.25, -0.2) is 19.2 Å². The first-order chi connectivity index (χ1) is 17.8. The van der Waals surface area contributed by atoms with E-state index in [9.17, 15) is 29.1 Å². The first-order valence-electron chi connectivity index (χ1n) is 12.0. The lowest BCUT2D eigenvalue weighted by atomic mass is 10.2. The highest BCUT2D eigenvalue weighted by Crippen LogP contribution is 2.29. The number of quaternary nitrogens is 1. The zero-order valence-corrected chi connectivity index (χ0v) is 21.7. The summed E-state index contributed by atoms with van der Waals surface area (Å²) in [6.45, 7) is 5.94. The van der Waals surface area contributed by atoms with Crippen LogP contribution in [0, 0.1) is 0 Å².